The van der Waals surface area contributed by atoms with Gasteiger partial charge in [-0.05, 0) is 13.1 Å². The number of anilines is 1. The van der Waals surface area contributed by atoms with Crippen LogP contribution >= 0.6 is 0 Å². The zero-order chi connectivity index (χ0) is 15.7. The number of rotatable bonds is 4. The van der Waals surface area contributed by atoms with Crippen molar-refractivity contribution in [1.82, 2.24) is 14.6 Å². The van der Waals surface area contributed by atoms with Crippen LogP contribution in [0, 0.1) is 0 Å². The monoisotopic (exact) mass is 322 g/mol. The molecule has 1 fully saturated rings. The van der Waals surface area contributed by atoms with Crippen LogP contribution in [-0.4, -0.2) is 63.2 Å². The Morgan fingerprint density at radius 3 is 2.82 bits per heavy atom. The molecule has 120 valence electrons. The van der Waals surface area contributed by atoms with Gasteiger partial charge in [-0.1, -0.05) is 18.2 Å². The molecular weight excluding hydrogens is 300 g/mol. The van der Waals surface area contributed by atoms with Gasteiger partial charge in [-0.2, -0.15) is 4.31 Å². The van der Waals surface area contributed by atoms with Crippen molar-refractivity contribution < 1.29 is 8.42 Å². The molecule has 1 aliphatic heterocycles. The fourth-order valence-electron chi connectivity index (χ4n) is 3.21. The van der Waals surface area contributed by atoms with Crippen LogP contribution in [0.15, 0.2) is 30.5 Å². The summed E-state index contributed by atoms with van der Waals surface area (Å²) in [7, 11) is -1.32. The van der Waals surface area contributed by atoms with E-state index in [2.05, 4.69) is 27.3 Å². The first-order valence-corrected chi connectivity index (χ1v) is 9.28. The molecule has 2 N–H and O–H groups in total. The predicted octanol–water partition coefficient (Wildman–Crippen LogP) is 0.837. The molecule has 1 aromatic carbocycles. The predicted molar refractivity (Wildman–Crippen MR) is 89.8 cm³/mol. The van der Waals surface area contributed by atoms with E-state index in [1.807, 2.05) is 25.4 Å². The number of benzene rings is 1. The number of piperazine rings is 1. The first kappa shape index (κ1) is 15.3. The normalized spacial score (nSPS) is 20.6. The van der Waals surface area contributed by atoms with Crippen LogP contribution in [0.25, 0.3) is 10.9 Å². The van der Waals surface area contributed by atoms with Crippen LogP contribution in [0.5, 0.6) is 0 Å². The molecule has 2 heterocycles. The van der Waals surface area contributed by atoms with Crippen molar-refractivity contribution in [3.8, 4) is 0 Å². The Morgan fingerprint density at radius 1 is 1.32 bits per heavy atom. The summed E-state index contributed by atoms with van der Waals surface area (Å²) in [5.41, 5.74) is 2.25. The number of likely N-dealkylation sites (N-methyl/N-ethyl adjacent to an activating group) is 1. The quantitative estimate of drug-likeness (QED) is 0.875. The molecule has 1 atom stereocenters. The lowest BCUT2D eigenvalue weighted by Gasteiger charge is -2.40. The maximum Gasteiger partial charge on any atom is 0.211 e. The highest BCUT2D eigenvalue weighted by molar-refractivity contribution is 7.88. The lowest BCUT2D eigenvalue weighted by atomic mass is 10.1. The molecule has 0 saturated carbocycles. The van der Waals surface area contributed by atoms with Crippen molar-refractivity contribution in [3.63, 3.8) is 0 Å². The SMILES string of the molecule is CNCC1CN(c2c[nH]c3ccccc23)CCN1S(C)(=O)=O. The molecule has 2 aromatic rings. The van der Waals surface area contributed by atoms with Gasteiger partial charge < -0.3 is 15.2 Å². The zero-order valence-electron chi connectivity index (χ0n) is 12.9. The highest BCUT2D eigenvalue weighted by Gasteiger charge is 2.33. The molecule has 1 saturated heterocycles. The number of nitrogens with one attached hydrogen (secondary N) is 2. The molecule has 0 spiro atoms. The van der Waals surface area contributed by atoms with Crippen LogP contribution in [0.2, 0.25) is 0 Å². The second-order valence-corrected chi connectivity index (χ2v) is 7.69. The van der Waals surface area contributed by atoms with E-state index in [4.69, 9.17) is 0 Å². The van der Waals surface area contributed by atoms with E-state index in [1.165, 1.54) is 11.6 Å². The summed E-state index contributed by atoms with van der Waals surface area (Å²) in [5, 5.41) is 4.28. The first-order chi connectivity index (χ1) is 10.5. The molecule has 1 unspecified atom stereocenters. The number of nitrogens with zero attached hydrogens (tertiary/aromatic N) is 2. The summed E-state index contributed by atoms with van der Waals surface area (Å²) < 4.78 is 25.5. The molecule has 0 radical (unpaired) electrons. The largest absolute Gasteiger partial charge is 0.367 e. The number of H-pyrrole nitrogens is 1. The topological polar surface area (TPSA) is 68.4 Å². The number of fused-ring (bicyclic) bond motifs is 1. The van der Waals surface area contributed by atoms with E-state index in [0.29, 0.717) is 26.2 Å². The van der Waals surface area contributed by atoms with E-state index in [1.54, 1.807) is 4.31 Å². The minimum atomic E-state index is -3.17. The molecule has 22 heavy (non-hydrogen) atoms. The molecule has 0 bridgehead atoms. The third-order valence-corrected chi connectivity index (χ3v) is 5.54. The van der Waals surface area contributed by atoms with Gasteiger partial charge in [0.1, 0.15) is 0 Å². The highest BCUT2D eigenvalue weighted by atomic mass is 32.2. The molecule has 0 aliphatic carbocycles. The van der Waals surface area contributed by atoms with Crippen molar-refractivity contribution in [2.24, 2.45) is 0 Å². The van der Waals surface area contributed by atoms with Gasteiger partial charge in [-0.25, -0.2) is 8.42 Å². The number of aromatic nitrogens is 1. The molecule has 1 aliphatic rings. The number of aromatic amines is 1. The third kappa shape index (κ3) is 2.84. The average Bonchev–Trinajstić information content (AvgIpc) is 2.90. The molecular formula is C15H22N4O2S. The Hall–Kier alpha value is -1.57. The van der Waals surface area contributed by atoms with Crippen molar-refractivity contribution >= 4 is 26.6 Å². The highest BCUT2D eigenvalue weighted by Crippen LogP contribution is 2.28. The molecule has 1 aromatic heterocycles. The van der Waals surface area contributed by atoms with Crippen molar-refractivity contribution in [3.05, 3.63) is 30.5 Å². The zero-order valence-corrected chi connectivity index (χ0v) is 13.7. The second kappa shape index (κ2) is 5.91. The molecule has 7 heteroatoms. The summed E-state index contributed by atoms with van der Waals surface area (Å²) in [4.78, 5) is 5.55. The minimum absolute atomic E-state index is 0.0533. The van der Waals surface area contributed by atoms with Crippen LogP contribution in [0.4, 0.5) is 5.69 Å². The van der Waals surface area contributed by atoms with Crippen LogP contribution in [0.1, 0.15) is 0 Å². The van der Waals surface area contributed by atoms with Crippen LogP contribution in [-0.2, 0) is 10.0 Å². The third-order valence-electron chi connectivity index (χ3n) is 4.20. The van der Waals surface area contributed by atoms with E-state index in [0.717, 1.165) is 11.2 Å². The van der Waals surface area contributed by atoms with Crippen LogP contribution < -0.4 is 10.2 Å². The Balaban J connectivity index is 1.88. The Bertz CT molecular complexity index is 756. The van der Waals surface area contributed by atoms with E-state index in [9.17, 15) is 8.42 Å². The standard InChI is InChI=1S/C15H22N4O2S/c1-16-9-12-11-18(7-8-19(12)22(2,20)21)15-10-17-14-6-4-3-5-13(14)15/h3-6,10,12,16-17H,7-9,11H2,1-2H3. The Morgan fingerprint density at radius 2 is 2.09 bits per heavy atom. The molecule has 6 nitrogen and oxygen atoms in total. The van der Waals surface area contributed by atoms with E-state index >= 15 is 0 Å². The Labute approximate surface area is 131 Å². The van der Waals surface area contributed by atoms with E-state index in [-0.39, 0.29) is 6.04 Å². The fourth-order valence-corrected chi connectivity index (χ4v) is 4.31. The van der Waals surface area contributed by atoms with Gasteiger partial charge in [0.15, 0.2) is 0 Å². The van der Waals surface area contributed by atoms with Gasteiger partial charge in [0.05, 0.1) is 18.0 Å². The first-order valence-electron chi connectivity index (χ1n) is 7.43. The van der Waals surface area contributed by atoms with Crippen molar-refractivity contribution in [2.75, 3.05) is 44.4 Å². The van der Waals surface area contributed by atoms with Gasteiger partial charge in [0.25, 0.3) is 0 Å². The molecule has 3 rings (SSSR count). The Kier molecular flexibility index (Phi) is 4.12. The van der Waals surface area contributed by atoms with Gasteiger partial charge in [0.2, 0.25) is 10.0 Å². The summed E-state index contributed by atoms with van der Waals surface area (Å²) in [6, 6.07) is 8.13. The minimum Gasteiger partial charge on any atom is -0.367 e. The number of sulfonamides is 1. The van der Waals surface area contributed by atoms with Gasteiger partial charge >= 0.3 is 0 Å². The summed E-state index contributed by atoms with van der Waals surface area (Å²) in [5.74, 6) is 0. The maximum atomic E-state index is 12.0. The number of hydrogen-bond acceptors (Lipinski definition) is 4. The van der Waals surface area contributed by atoms with Crippen LogP contribution in [0.3, 0.4) is 0 Å². The van der Waals surface area contributed by atoms with Crippen molar-refractivity contribution in [2.45, 2.75) is 6.04 Å². The lowest BCUT2D eigenvalue weighted by Crippen LogP contribution is -2.57. The summed E-state index contributed by atoms with van der Waals surface area (Å²) >= 11 is 0. The number of para-hydroxylation sites is 1. The number of hydrogen-bond donors (Lipinski definition) is 2. The summed E-state index contributed by atoms with van der Waals surface area (Å²) in [6.45, 7) is 2.56. The molecule has 0 amide bonds. The van der Waals surface area contributed by atoms with Crippen molar-refractivity contribution in [1.29, 1.82) is 0 Å². The second-order valence-electron chi connectivity index (χ2n) is 5.75. The van der Waals surface area contributed by atoms with Gasteiger partial charge in [-0.15, -0.1) is 0 Å². The van der Waals surface area contributed by atoms with Gasteiger partial charge in [-0.3, -0.25) is 0 Å². The lowest BCUT2D eigenvalue weighted by molar-refractivity contribution is 0.287. The average molecular weight is 322 g/mol. The fraction of sp³-hybridized carbons (Fsp3) is 0.467. The summed E-state index contributed by atoms with van der Waals surface area (Å²) in [6.07, 6.45) is 3.30. The van der Waals surface area contributed by atoms with E-state index < -0.39 is 10.0 Å². The van der Waals surface area contributed by atoms with Gasteiger partial charge in [0, 0.05) is 43.3 Å². The maximum absolute atomic E-state index is 12.0. The smallest absolute Gasteiger partial charge is 0.211 e.